The summed E-state index contributed by atoms with van der Waals surface area (Å²) in [6.07, 6.45) is 0. The molecule has 0 unspecified atom stereocenters. The number of hydrogen-bond acceptors (Lipinski definition) is 2. The van der Waals surface area contributed by atoms with Gasteiger partial charge in [-0.1, -0.05) is 13.8 Å². The molecule has 0 spiro atoms. The lowest BCUT2D eigenvalue weighted by Gasteiger charge is -2.27. The molecule has 0 amide bonds. The van der Waals surface area contributed by atoms with Gasteiger partial charge in [-0.2, -0.15) is 0 Å². The predicted molar refractivity (Wildman–Crippen MR) is 39.8 cm³/mol. The minimum atomic E-state index is 0.361. The molecular weight excluding hydrogens is 112 g/mol. The van der Waals surface area contributed by atoms with Gasteiger partial charge in [0.05, 0.1) is 5.84 Å². The van der Waals surface area contributed by atoms with Crippen molar-refractivity contribution >= 4 is 5.84 Å². The van der Waals surface area contributed by atoms with Crippen molar-refractivity contribution in [1.29, 1.82) is 0 Å². The van der Waals surface area contributed by atoms with Crippen LogP contribution in [0.5, 0.6) is 0 Å². The van der Waals surface area contributed by atoms with E-state index in [-0.39, 0.29) is 0 Å². The van der Waals surface area contributed by atoms with Crippen LogP contribution in [-0.2, 0) is 0 Å². The van der Waals surface area contributed by atoms with Crippen molar-refractivity contribution in [3.05, 3.63) is 0 Å². The average Bonchev–Trinajstić information content (AvgIpc) is 1.78. The fourth-order valence-electron chi connectivity index (χ4n) is 0.812. The van der Waals surface area contributed by atoms with E-state index in [1.807, 2.05) is 6.92 Å². The molecule has 0 aliphatic carbocycles. The molecule has 0 aromatic rings. The molecule has 2 heteroatoms. The van der Waals surface area contributed by atoms with Crippen LogP contribution < -0.4 is 5.32 Å². The van der Waals surface area contributed by atoms with Crippen LogP contribution in [0.15, 0.2) is 4.99 Å². The van der Waals surface area contributed by atoms with Crippen molar-refractivity contribution in [2.24, 2.45) is 10.4 Å². The minimum Gasteiger partial charge on any atom is -0.373 e. The molecule has 1 heterocycles. The molecule has 0 saturated heterocycles. The summed E-state index contributed by atoms with van der Waals surface area (Å²) in [5.41, 5.74) is 0.361. The van der Waals surface area contributed by atoms with Crippen molar-refractivity contribution in [3.63, 3.8) is 0 Å². The Hall–Kier alpha value is -0.530. The Kier molecular flexibility index (Phi) is 1.47. The van der Waals surface area contributed by atoms with Crippen molar-refractivity contribution < 1.29 is 0 Å². The highest BCUT2D eigenvalue weighted by molar-refractivity contribution is 5.80. The van der Waals surface area contributed by atoms with Gasteiger partial charge in [0, 0.05) is 18.5 Å². The predicted octanol–water partition coefficient (Wildman–Crippen LogP) is 1.03. The summed E-state index contributed by atoms with van der Waals surface area (Å²) in [6, 6.07) is 0. The second-order valence-electron chi connectivity index (χ2n) is 3.42. The zero-order chi connectivity index (χ0) is 6.91. The fraction of sp³-hybridized carbons (Fsp3) is 0.857. The van der Waals surface area contributed by atoms with E-state index >= 15 is 0 Å². The Labute approximate surface area is 56.4 Å². The Balaban J connectivity index is 2.56. The second kappa shape index (κ2) is 2.01. The molecule has 0 radical (unpaired) electrons. The SMILES string of the molecule is CC1=NCC(C)(C)CN1. The van der Waals surface area contributed by atoms with E-state index in [4.69, 9.17) is 0 Å². The highest BCUT2D eigenvalue weighted by Crippen LogP contribution is 2.16. The van der Waals surface area contributed by atoms with Crippen molar-refractivity contribution in [3.8, 4) is 0 Å². The molecule has 2 nitrogen and oxygen atoms in total. The van der Waals surface area contributed by atoms with Crippen molar-refractivity contribution in [2.75, 3.05) is 13.1 Å². The summed E-state index contributed by atoms with van der Waals surface area (Å²) in [4.78, 5) is 4.29. The van der Waals surface area contributed by atoms with E-state index in [0.717, 1.165) is 18.9 Å². The van der Waals surface area contributed by atoms with Crippen LogP contribution in [0, 0.1) is 5.41 Å². The lowest BCUT2D eigenvalue weighted by atomic mass is 9.93. The van der Waals surface area contributed by atoms with Gasteiger partial charge in [-0.05, 0) is 6.92 Å². The first kappa shape index (κ1) is 6.59. The van der Waals surface area contributed by atoms with Crippen LogP contribution in [0.4, 0.5) is 0 Å². The Morgan fingerprint density at radius 1 is 1.56 bits per heavy atom. The molecule has 1 rings (SSSR count). The molecule has 0 atom stereocenters. The molecule has 0 aromatic heterocycles. The molecule has 0 fully saturated rings. The molecule has 0 bridgehead atoms. The maximum atomic E-state index is 4.29. The van der Waals surface area contributed by atoms with Gasteiger partial charge in [-0.15, -0.1) is 0 Å². The average molecular weight is 126 g/mol. The van der Waals surface area contributed by atoms with E-state index < -0.39 is 0 Å². The first-order valence-corrected chi connectivity index (χ1v) is 3.35. The highest BCUT2D eigenvalue weighted by atomic mass is 15.0. The third-order valence-corrected chi connectivity index (χ3v) is 1.57. The third kappa shape index (κ3) is 1.70. The summed E-state index contributed by atoms with van der Waals surface area (Å²) in [5, 5.41) is 3.22. The van der Waals surface area contributed by atoms with Crippen LogP contribution in [0.1, 0.15) is 20.8 Å². The second-order valence-corrected chi connectivity index (χ2v) is 3.42. The Morgan fingerprint density at radius 2 is 2.22 bits per heavy atom. The Morgan fingerprint density at radius 3 is 2.56 bits per heavy atom. The monoisotopic (exact) mass is 126 g/mol. The number of hydrogen-bond donors (Lipinski definition) is 1. The van der Waals surface area contributed by atoms with E-state index in [1.54, 1.807) is 0 Å². The number of rotatable bonds is 0. The van der Waals surface area contributed by atoms with E-state index in [0.29, 0.717) is 5.41 Å². The summed E-state index contributed by atoms with van der Waals surface area (Å²) in [7, 11) is 0. The van der Waals surface area contributed by atoms with E-state index in [2.05, 4.69) is 24.2 Å². The van der Waals surface area contributed by atoms with Crippen LogP contribution in [0.3, 0.4) is 0 Å². The third-order valence-electron chi connectivity index (χ3n) is 1.57. The topological polar surface area (TPSA) is 24.4 Å². The molecule has 0 saturated carbocycles. The normalized spacial score (nSPS) is 24.6. The molecule has 9 heavy (non-hydrogen) atoms. The number of nitrogens with zero attached hydrogens (tertiary/aromatic N) is 1. The molecule has 1 N–H and O–H groups in total. The molecule has 0 aromatic carbocycles. The quantitative estimate of drug-likeness (QED) is 0.515. The van der Waals surface area contributed by atoms with Crippen molar-refractivity contribution in [2.45, 2.75) is 20.8 Å². The van der Waals surface area contributed by atoms with Crippen LogP contribution in [0.25, 0.3) is 0 Å². The maximum Gasteiger partial charge on any atom is 0.0932 e. The van der Waals surface area contributed by atoms with Gasteiger partial charge in [-0.25, -0.2) is 0 Å². The zero-order valence-corrected chi connectivity index (χ0v) is 6.36. The lowest BCUT2D eigenvalue weighted by Crippen LogP contribution is -2.39. The van der Waals surface area contributed by atoms with Gasteiger partial charge in [0.1, 0.15) is 0 Å². The van der Waals surface area contributed by atoms with Crippen LogP contribution >= 0.6 is 0 Å². The molecule has 52 valence electrons. The molecule has 1 aliphatic heterocycles. The molecule has 1 aliphatic rings. The van der Waals surface area contributed by atoms with Crippen LogP contribution in [-0.4, -0.2) is 18.9 Å². The largest absolute Gasteiger partial charge is 0.373 e. The van der Waals surface area contributed by atoms with Gasteiger partial charge in [0.2, 0.25) is 0 Å². The van der Waals surface area contributed by atoms with Gasteiger partial charge in [0.15, 0.2) is 0 Å². The summed E-state index contributed by atoms with van der Waals surface area (Å²) < 4.78 is 0. The van der Waals surface area contributed by atoms with Gasteiger partial charge in [0.25, 0.3) is 0 Å². The lowest BCUT2D eigenvalue weighted by molar-refractivity contribution is 0.361. The zero-order valence-electron chi connectivity index (χ0n) is 6.36. The summed E-state index contributed by atoms with van der Waals surface area (Å²) >= 11 is 0. The van der Waals surface area contributed by atoms with Gasteiger partial charge >= 0.3 is 0 Å². The summed E-state index contributed by atoms with van der Waals surface area (Å²) in [6.45, 7) is 8.47. The summed E-state index contributed by atoms with van der Waals surface area (Å²) in [5.74, 6) is 1.08. The number of aliphatic imine (C=N–C) groups is 1. The van der Waals surface area contributed by atoms with Crippen LogP contribution in [0.2, 0.25) is 0 Å². The first-order chi connectivity index (χ1) is 4.10. The first-order valence-electron chi connectivity index (χ1n) is 3.35. The highest BCUT2D eigenvalue weighted by Gasteiger charge is 2.20. The fourth-order valence-corrected chi connectivity index (χ4v) is 0.812. The Bertz CT molecular complexity index is 136. The van der Waals surface area contributed by atoms with Crippen molar-refractivity contribution in [1.82, 2.24) is 5.32 Å². The van der Waals surface area contributed by atoms with Gasteiger partial charge in [-0.3, -0.25) is 4.99 Å². The number of amidine groups is 1. The standard InChI is InChI=1S/C7H14N2/c1-6-8-4-7(2,3)5-9-6/h4-5H2,1-3H3,(H,8,9). The smallest absolute Gasteiger partial charge is 0.0932 e. The molecular formula is C7H14N2. The number of nitrogens with one attached hydrogen (secondary N) is 1. The van der Waals surface area contributed by atoms with E-state index in [9.17, 15) is 0 Å². The van der Waals surface area contributed by atoms with E-state index in [1.165, 1.54) is 0 Å². The van der Waals surface area contributed by atoms with Gasteiger partial charge < -0.3 is 5.32 Å². The maximum absolute atomic E-state index is 4.29. The minimum absolute atomic E-state index is 0.361.